The molecule has 4 aromatic rings. The average Bonchev–Trinajstić information content (AvgIpc) is 3.22. The van der Waals surface area contributed by atoms with Gasteiger partial charge in [0.2, 0.25) is 5.91 Å². The van der Waals surface area contributed by atoms with Gasteiger partial charge in [-0.15, -0.1) is 11.3 Å². The average molecular weight is 474 g/mol. The van der Waals surface area contributed by atoms with E-state index in [1.54, 1.807) is 24.3 Å². The highest BCUT2D eigenvalue weighted by atomic mass is 35.5. The summed E-state index contributed by atoms with van der Waals surface area (Å²) in [5.41, 5.74) is 2.60. The van der Waals surface area contributed by atoms with E-state index in [4.69, 9.17) is 11.6 Å². The fraction of sp³-hybridized carbons (Fsp3) is 0.136. The molecule has 2 aromatic heterocycles. The number of carbonyl (C=O) groups is 1. The Balaban J connectivity index is 1.59. The number of nitrogens with zero attached hydrogens (tertiary/aromatic N) is 2. The van der Waals surface area contributed by atoms with E-state index < -0.39 is 0 Å². The van der Waals surface area contributed by atoms with Crippen LogP contribution in [-0.4, -0.2) is 21.2 Å². The van der Waals surface area contributed by atoms with Gasteiger partial charge in [0.25, 0.3) is 5.56 Å². The molecule has 1 N–H and O–H groups in total. The number of halogens is 2. The minimum Gasteiger partial charge on any atom is -0.324 e. The SMILES string of the molecule is Cc1cccc(Cl)c1NC(=O)CSc1nc2ccsc2c(=O)n1Cc1ccc(F)cc1. The smallest absolute Gasteiger partial charge is 0.272 e. The van der Waals surface area contributed by atoms with Crippen LogP contribution in [0.3, 0.4) is 0 Å². The van der Waals surface area contributed by atoms with Crippen molar-refractivity contribution in [2.45, 2.75) is 18.6 Å². The van der Waals surface area contributed by atoms with E-state index in [-0.39, 0.29) is 29.6 Å². The van der Waals surface area contributed by atoms with Crippen LogP contribution in [-0.2, 0) is 11.3 Å². The number of fused-ring (bicyclic) bond motifs is 1. The van der Waals surface area contributed by atoms with Crippen molar-refractivity contribution in [3.05, 3.63) is 86.2 Å². The van der Waals surface area contributed by atoms with Crippen molar-refractivity contribution in [1.29, 1.82) is 0 Å². The number of carbonyl (C=O) groups excluding carboxylic acids is 1. The predicted octanol–water partition coefficient (Wildman–Crippen LogP) is 5.34. The van der Waals surface area contributed by atoms with E-state index in [1.807, 2.05) is 24.4 Å². The van der Waals surface area contributed by atoms with Gasteiger partial charge in [-0.3, -0.25) is 14.2 Å². The Morgan fingerprint density at radius 3 is 2.74 bits per heavy atom. The van der Waals surface area contributed by atoms with Gasteiger partial charge in [0, 0.05) is 0 Å². The number of aromatic nitrogens is 2. The van der Waals surface area contributed by atoms with Crippen molar-refractivity contribution in [3.63, 3.8) is 0 Å². The van der Waals surface area contributed by atoms with Crippen LogP contribution in [0.25, 0.3) is 10.2 Å². The minimum absolute atomic E-state index is 0.0518. The zero-order valence-corrected chi connectivity index (χ0v) is 18.8. The molecule has 0 bridgehead atoms. The fourth-order valence-corrected chi connectivity index (χ4v) is 4.89. The first-order chi connectivity index (χ1) is 14.9. The van der Waals surface area contributed by atoms with E-state index in [0.29, 0.717) is 26.1 Å². The van der Waals surface area contributed by atoms with E-state index in [0.717, 1.165) is 11.1 Å². The van der Waals surface area contributed by atoms with Gasteiger partial charge < -0.3 is 5.32 Å². The van der Waals surface area contributed by atoms with E-state index in [2.05, 4.69) is 10.3 Å². The zero-order chi connectivity index (χ0) is 22.0. The largest absolute Gasteiger partial charge is 0.324 e. The number of amides is 1. The summed E-state index contributed by atoms with van der Waals surface area (Å²) in [6.45, 7) is 2.09. The Labute approximate surface area is 190 Å². The van der Waals surface area contributed by atoms with Crippen LogP contribution in [0, 0.1) is 12.7 Å². The third kappa shape index (κ3) is 4.81. The van der Waals surface area contributed by atoms with Crippen LogP contribution in [0.4, 0.5) is 10.1 Å². The molecule has 0 aliphatic rings. The first kappa shape index (κ1) is 21.5. The Bertz CT molecular complexity index is 1300. The molecule has 0 saturated carbocycles. The monoisotopic (exact) mass is 473 g/mol. The molecule has 2 aromatic carbocycles. The highest BCUT2D eigenvalue weighted by Crippen LogP contribution is 2.26. The molecule has 2 heterocycles. The third-order valence-electron chi connectivity index (χ3n) is 4.60. The molecule has 31 heavy (non-hydrogen) atoms. The molecule has 0 saturated heterocycles. The van der Waals surface area contributed by atoms with Crippen molar-refractivity contribution in [2.24, 2.45) is 0 Å². The topological polar surface area (TPSA) is 64.0 Å². The van der Waals surface area contributed by atoms with Gasteiger partial charge in [-0.2, -0.15) is 0 Å². The van der Waals surface area contributed by atoms with Gasteiger partial charge in [0.05, 0.1) is 28.5 Å². The summed E-state index contributed by atoms with van der Waals surface area (Å²) in [7, 11) is 0. The molecule has 158 valence electrons. The van der Waals surface area contributed by atoms with E-state index in [1.165, 1.54) is 39.8 Å². The summed E-state index contributed by atoms with van der Waals surface area (Å²) >= 11 is 8.67. The third-order valence-corrected chi connectivity index (χ3v) is 6.79. The maximum atomic E-state index is 13.3. The number of para-hydroxylation sites is 1. The number of hydrogen-bond donors (Lipinski definition) is 1. The van der Waals surface area contributed by atoms with Gasteiger partial charge >= 0.3 is 0 Å². The van der Waals surface area contributed by atoms with Crippen LogP contribution in [0.5, 0.6) is 0 Å². The van der Waals surface area contributed by atoms with Gasteiger partial charge in [-0.05, 0) is 47.7 Å². The molecule has 0 radical (unpaired) electrons. The van der Waals surface area contributed by atoms with Crippen LogP contribution >= 0.6 is 34.7 Å². The van der Waals surface area contributed by atoms with E-state index in [9.17, 15) is 14.0 Å². The second-order valence-corrected chi connectivity index (χ2v) is 9.08. The molecule has 1 amide bonds. The van der Waals surface area contributed by atoms with Gasteiger partial charge in [-0.1, -0.05) is 47.6 Å². The van der Waals surface area contributed by atoms with Crippen LogP contribution in [0.1, 0.15) is 11.1 Å². The fourth-order valence-electron chi connectivity index (χ4n) is 3.04. The summed E-state index contributed by atoms with van der Waals surface area (Å²) in [4.78, 5) is 30.2. The summed E-state index contributed by atoms with van der Waals surface area (Å²) in [5.74, 6) is -0.547. The van der Waals surface area contributed by atoms with Gasteiger partial charge in [0.15, 0.2) is 5.16 Å². The predicted molar refractivity (Wildman–Crippen MR) is 125 cm³/mol. The maximum Gasteiger partial charge on any atom is 0.272 e. The summed E-state index contributed by atoms with van der Waals surface area (Å²) in [6, 6.07) is 13.1. The molecule has 0 aliphatic heterocycles. The summed E-state index contributed by atoms with van der Waals surface area (Å²) in [5, 5.41) is 5.52. The molecule has 0 aliphatic carbocycles. The van der Waals surface area contributed by atoms with Crippen molar-refractivity contribution in [2.75, 3.05) is 11.1 Å². The highest BCUT2D eigenvalue weighted by molar-refractivity contribution is 7.99. The van der Waals surface area contributed by atoms with Crippen molar-refractivity contribution in [1.82, 2.24) is 9.55 Å². The van der Waals surface area contributed by atoms with Crippen molar-refractivity contribution >= 4 is 56.5 Å². The zero-order valence-electron chi connectivity index (χ0n) is 16.4. The Morgan fingerprint density at radius 1 is 1.23 bits per heavy atom. The van der Waals surface area contributed by atoms with Gasteiger partial charge in [-0.25, -0.2) is 9.37 Å². The molecule has 5 nitrogen and oxygen atoms in total. The molecular formula is C22H17ClFN3O2S2. The maximum absolute atomic E-state index is 13.3. The lowest BCUT2D eigenvalue weighted by atomic mass is 10.2. The van der Waals surface area contributed by atoms with Crippen LogP contribution in [0.2, 0.25) is 5.02 Å². The lowest BCUT2D eigenvalue weighted by molar-refractivity contribution is -0.113. The van der Waals surface area contributed by atoms with Crippen LogP contribution < -0.4 is 10.9 Å². The highest BCUT2D eigenvalue weighted by Gasteiger charge is 2.16. The quantitative estimate of drug-likeness (QED) is 0.303. The molecule has 0 spiro atoms. The molecular weight excluding hydrogens is 457 g/mol. The Morgan fingerprint density at radius 2 is 2.00 bits per heavy atom. The first-order valence-electron chi connectivity index (χ1n) is 9.32. The number of benzene rings is 2. The lowest BCUT2D eigenvalue weighted by Crippen LogP contribution is -2.24. The van der Waals surface area contributed by atoms with Crippen molar-refractivity contribution in [3.8, 4) is 0 Å². The number of thioether (sulfide) groups is 1. The lowest BCUT2D eigenvalue weighted by Gasteiger charge is -2.13. The molecule has 4 rings (SSSR count). The molecule has 9 heteroatoms. The van der Waals surface area contributed by atoms with Crippen molar-refractivity contribution < 1.29 is 9.18 Å². The number of anilines is 1. The van der Waals surface area contributed by atoms with Crippen LogP contribution in [0.15, 0.2) is 63.9 Å². The minimum atomic E-state index is -0.343. The number of rotatable bonds is 6. The summed E-state index contributed by atoms with van der Waals surface area (Å²) < 4.78 is 15.3. The number of thiophene rings is 1. The number of hydrogen-bond acceptors (Lipinski definition) is 5. The summed E-state index contributed by atoms with van der Waals surface area (Å²) in [6.07, 6.45) is 0. The number of nitrogens with one attached hydrogen (secondary N) is 1. The Hall–Kier alpha value is -2.68. The second kappa shape index (κ2) is 9.21. The Kier molecular flexibility index (Phi) is 6.41. The van der Waals surface area contributed by atoms with E-state index >= 15 is 0 Å². The molecule has 0 unspecified atom stereocenters. The molecule has 0 atom stereocenters. The van der Waals surface area contributed by atoms with Gasteiger partial charge in [0.1, 0.15) is 10.5 Å². The second-order valence-electron chi connectivity index (χ2n) is 6.82. The normalized spacial score (nSPS) is 11.1. The standard InChI is InChI=1S/C22H17ClFN3O2S2/c1-13-3-2-4-16(23)19(13)26-18(28)12-31-22-25-17-9-10-30-20(17)21(29)27(22)11-14-5-7-15(24)8-6-14/h2-10H,11-12H2,1H3,(H,26,28). The molecule has 0 fully saturated rings. The number of aryl methyl sites for hydroxylation is 1. The first-order valence-corrected chi connectivity index (χ1v) is 11.6.